The van der Waals surface area contributed by atoms with Gasteiger partial charge in [0.25, 0.3) is 0 Å². The zero-order valence-corrected chi connectivity index (χ0v) is 20.3. The summed E-state index contributed by atoms with van der Waals surface area (Å²) in [4.78, 5) is 33.5. The van der Waals surface area contributed by atoms with Gasteiger partial charge < -0.3 is 25.1 Å². The molecule has 0 bridgehead atoms. The molecule has 1 unspecified atom stereocenters. The van der Waals surface area contributed by atoms with Gasteiger partial charge in [-0.1, -0.05) is 30.3 Å². The van der Waals surface area contributed by atoms with Gasteiger partial charge in [-0.15, -0.1) is 0 Å². The number of rotatable bonds is 9. The monoisotopic (exact) mass is 521 g/mol. The molecular formula is C23H25ClFN5O6. The molecule has 1 saturated heterocycles. The number of fused-ring (bicyclic) bond motifs is 1. The molecule has 0 spiro atoms. The van der Waals surface area contributed by atoms with Gasteiger partial charge in [-0.2, -0.15) is 10.1 Å². The van der Waals surface area contributed by atoms with Gasteiger partial charge in [-0.25, -0.2) is 18.9 Å². The number of aromatic nitrogens is 4. The first-order chi connectivity index (χ1) is 17.2. The Balaban J connectivity index is 1.59. The van der Waals surface area contributed by atoms with Gasteiger partial charge in [0.1, 0.15) is 18.0 Å². The van der Waals surface area contributed by atoms with Crippen LogP contribution in [0, 0.1) is 0 Å². The first-order valence-corrected chi connectivity index (χ1v) is 11.6. The number of carbonyl (C=O) groups is 2. The Morgan fingerprint density at radius 2 is 2.03 bits per heavy atom. The third kappa shape index (κ3) is 4.76. The molecule has 3 aromatic rings. The molecule has 1 aliphatic heterocycles. The second-order valence-corrected chi connectivity index (χ2v) is 8.62. The number of Topliss-reactive ketones (excluding diaryl/α,β-unsaturated/α-hetero) is 1. The Hall–Kier alpha value is -3.19. The highest BCUT2D eigenvalue weighted by atomic mass is 35.5. The number of ether oxygens (including phenoxy) is 3. The van der Waals surface area contributed by atoms with Gasteiger partial charge in [0.15, 0.2) is 23.8 Å². The topological polar surface area (TPSA) is 152 Å². The number of nitrogens with zero attached hydrogens (tertiary/aromatic N) is 4. The Morgan fingerprint density at radius 3 is 2.69 bits per heavy atom. The summed E-state index contributed by atoms with van der Waals surface area (Å²) in [6.45, 7) is 2.34. The van der Waals surface area contributed by atoms with Crippen molar-refractivity contribution in [1.82, 2.24) is 19.7 Å². The van der Waals surface area contributed by atoms with Crippen molar-refractivity contribution in [2.75, 3.05) is 18.9 Å². The minimum atomic E-state index is -2.02. The highest BCUT2D eigenvalue weighted by Crippen LogP contribution is 2.35. The Bertz CT molecular complexity index is 1260. The van der Waals surface area contributed by atoms with Crippen molar-refractivity contribution in [3.63, 3.8) is 0 Å². The molecule has 13 heteroatoms. The van der Waals surface area contributed by atoms with E-state index in [0.717, 1.165) is 4.68 Å². The number of nitrogen functional groups attached to an aromatic ring is 1. The van der Waals surface area contributed by atoms with Crippen LogP contribution in [0.2, 0.25) is 5.28 Å². The van der Waals surface area contributed by atoms with Crippen LogP contribution < -0.4 is 5.73 Å². The molecule has 3 heterocycles. The molecular weight excluding hydrogens is 497 g/mol. The van der Waals surface area contributed by atoms with Crippen molar-refractivity contribution < 1.29 is 33.3 Å². The molecule has 1 aliphatic rings. The second kappa shape index (κ2) is 10.4. The lowest BCUT2D eigenvalue weighted by molar-refractivity contribution is -0.183. The van der Waals surface area contributed by atoms with Crippen LogP contribution in [-0.4, -0.2) is 73.8 Å². The first-order valence-electron chi connectivity index (χ1n) is 11.2. The average molecular weight is 522 g/mol. The third-order valence-corrected chi connectivity index (χ3v) is 6.12. The fourth-order valence-electron chi connectivity index (χ4n) is 4.05. The standard InChI is InChI=1S/C23H25ClFN5O6/c1-3-34-21(33)23(12(2)31,9-13-7-5-4-6-8-13)35-11-15-17(32)16(25)20(36-15)30-19-14(10-27-30)18(26)28-22(24)29-19/h4-8,10,15-17,20,32H,3,9,11H2,1-2H3,(H2,26,28,29)/t15-,16+,17-,20-,23?/m1/s1. The van der Waals surface area contributed by atoms with Crippen molar-refractivity contribution in [3.8, 4) is 0 Å². The molecule has 11 nitrogen and oxygen atoms in total. The lowest BCUT2D eigenvalue weighted by atomic mass is 9.90. The maximum Gasteiger partial charge on any atom is 0.346 e. The molecule has 192 valence electrons. The van der Waals surface area contributed by atoms with E-state index in [0.29, 0.717) is 10.9 Å². The zero-order chi connectivity index (χ0) is 26.0. The quantitative estimate of drug-likeness (QED) is 0.242. The number of aliphatic hydroxyl groups is 1. The number of nitrogens with two attached hydrogens (primary N) is 1. The van der Waals surface area contributed by atoms with Crippen LogP contribution in [0.25, 0.3) is 11.0 Å². The third-order valence-electron chi connectivity index (χ3n) is 5.95. The van der Waals surface area contributed by atoms with Gasteiger partial charge in [-0.05, 0) is 31.0 Å². The predicted octanol–water partition coefficient (Wildman–Crippen LogP) is 1.81. The van der Waals surface area contributed by atoms with Crippen molar-refractivity contribution in [2.45, 2.75) is 50.5 Å². The number of esters is 1. The number of hydrogen-bond donors (Lipinski definition) is 2. The Labute approximate surface area is 210 Å². The van der Waals surface area contributed by atoms with E-state index in [1.807, 2.05) is 0 Å². The van der Waals surface area contributed by atoms with Gasteiger partial charge in [-0.3, -0.25) is 4.79 Å². The number of ketones is 1. The lowest BCUT2D eigenvalue weighted by Crippen LogP contribution is -2.52. The summed E-state index contributed by atoms with van der Waals surface area (Å²) in [6.07, 6.45) is -5.05. The molecule has 2 aromatic heterocycles. The maximum absolute atomic E-state index is 15.2. The van der Waals surface area contributed by atoms with E-state index >= 15 is 4.39 Å². The van der Waals surface area contributed by atoms with E-state index in [9.17, 15) is 14.7 Å². The number of anilines is 1. The number of aliphatic hydroxyl groups excluding tert-OH is 1. The Morgan fingerprint density at radius 1 is 1.31 bits per heavy atom. The smallest absolute Gasteiger partial charge is 0.346 e. The summed E-state index contributed by atoms with van der Waals surface area (Å²) in [5.74, 6) is -1.45. The van der Waals surface area contributed by atoms with Crippen LogP contribution >= 0.6 is 11.6 Å². The van der Waals surface area contributed by atoms with Gasteiger partial charge in [0.05, 0.1) is 24.8 Å². The number of alkyl halides is 1. The van der Waals surface area contributed by atoms with Crippen LogP contribution in [0.1, 0.15) is 25.6 Å². The zero-order valence-electron chi connectivity index (χ0n) is 19.5. The van der Waals surface area contributed by atoms with Gasteiger partial charge >= 0.3 is 5.97 Å². The molecule has 36 heavy (non-hydrogen) atoms. The summed E-state index contributed by atoms with van der Waals surface area (Å²) in [5.41, 5.74) is 4.57. The molecule has 3 N–H and O–H groups in total. The minimum Gasteiger partial charge on any atom is -0.463 e. The summed E-state index contributed by atoms with van der Waals surface area (Å²) < 4.78 is 33.0. The fourth-order valence-corrected chi connectivity index (χ4v) is 4.22. The molecule has 1 aromatic carbocycles. The summed E-state index contributed by atoms with van der Waals surface area (Å²) in [5, 5.41) is 14.8. The van der Waals surface area contributed by atoms with Crippen LogP contribution in [0.5, 0.6) is 0 Å². The predicted molar refractivity (Wildman–Crippen MR) is 126 cm³/mol. The highest BCUT2D eigenvalue weighted by molar-refractivity contribution is 6.28. The van der Waals surface area contributed by atoms with Crippen LogP contribution in [-0.2, 0) is 30.2 Å². The van der Waals surface area contributed by atoms with Crippen molar-refractivity contribution in [2.24, 2.45) is 0 Å². The van der Waals surface area contributed by atoms with E-state index in [2.05, 4.69) is 15.1 Å². The number of halogens is 2. The summed E-state index contributed by atoms with van der Waals surface area (Å²) in [6, 6.07) is 8.76. The molecule has 0 amide bonds. The van der Waals surface area contributed by atoms with Crippen molar-refractivity contribution in [3.05, 3.63) is 47.4 Å². The summed E-state index contributed by atoms with van der Waals surface area (Å²) in [7, 11) is 0. The van der Waals surface area contributed by atoms with E-state index in [1.54, 1.807) is 37.3 Å². The van der Waals surface area contributed by atoms with Crippen LogP contribution in [0.4, 0.5) is 10.2 Å². The second-order valence-electron chi connectivity index (χ2n) is 8.28. The van der Waals surface area contributed by atoms with Gasteiger partial charge in [0, 0.05) is 6.42 Å². The van der Waals surface area contributed by atoms with Crippen LogP contribution in [0.15, 0.2) is 36.5 Å². The summed E-state index contributed by atoms with van der Waals surface area (Å²) >= 11 is 5.88. The normalized spacial score (nSPS) is 23.5. The van der Waals surface area contributed by atoms with Crippen LogP contribution in [0.3, 0.4) is 0 Å². The molecule has 0 radical (unpaired) electrons. The van der Waals surface area contributed by atoms with E-state index in [4.69, 9.17) is 31.5 Å². The number of benzene rings is 1. The highest BCUT2D eigenvalue weighted by Gasteiger charge is 2.51. The largest absolute Gasteiger partial charge is 0.463 e. The molecule has 4 rings (SSSR count). The fraction of sp³-hybridized carbons (Fsp3) is 0.435. The van der Waals surface area contributed by atoms with E-state index in [1.165, 1.54) is 13.1 Å². The molecule has 5 atom stereocenters. The molecule has 1 fully saturated rings. The maximum atomic E-state index is 15.2. The SMILES string of the molecule is CCOC(=O)C(Cc1ccccc1)(OC[C@H]1O[C@@H](n2ncc3c(N)nc(Cl)nc32)[C@@H](F)[C@@H]1O)C(C)=O. The van der Waals surface area contributed by atoms with E-state index < -0.39 is 48.6 Å². The Kier molecular flexibility index (Phi) is 7.50. The minimum absolute atomic E-state index is 0.0170. The number of carbonyl (C=O) groups excluding carboxylic acids is 2. The average Bonchev–Trinajstić information content (AvgIpc) is 3.38. The van der Waals surface area contributed by atoms with Gasteiger partial charge in [0.2, 0.25) is 10.9 Å². The van der Waals surface area contributed by atoms with Crippen molar-refractivity contribution >= 4 is 40.2 Å². The first kappa shape index (κ1) is 25.9. The van der Waals surface area contributed by atoms with Crippen molar-refractivity contribution in [1.29, 1.82) is 0 Å². The molecule has 0 saturated carbocycles. The number of hydrogen-bond acceptors (Lipinski definition) is 10. The molecule has 0 aliphatic carbocycles. The lowest BCUT2D eigenvalue weighted by Gasteiger charge is -2.30. The van der Waals surface area contributed by atoms with E-state index in [-0.39, 0.29) is 29.8 Å².